The summed E-state index contributed by atoms with van der Waals surface area (Å²) in [6.07, 6.45) is 2.30. The van der Waals surface area contributed by atoms with Gasteiger partial charge in [0.1, 0.15) is 11.6 Å². The van der Waals surface area contributed by atoms with Crippen LogP contribution in [0.5, 0.6) is 5.75 Å². The fourth-order valence-corrected chi connectivity index (χ4v) is 2.29. The summed E-state index contributed by atoms with van der Waals surface area (Å²) in [5, 5.41) is 10.5. The van der Waals surface area contributed by atoms with Crippen LogP contribution in [0.15, 0.2) is 29.3 Å². The molecule has 1 aromatic heterocycles. The third kappa shape index (κ3) is 6.18. The van der Waals surface area contributed by atoms with E-state index in [-0.39, 0.29) is 24.0 Å². The van der Waals surface area contributed by atoms with Crippen LogP contribution in [0.25, 0.3) is 11.4 Å². The van der Waals surface area contributed by atoms with E-state index in [4.69, 9.17) is 4.74 Å². The molecule has 25 heavy (non-hydrogen) atoms. The van der Waals surface area contributed by atoms with Gasteiger partial charge in [-0.1, -0.05) is 13.3 Å². The highest BCUT2D eigenvalue weighted by molar-refractivity contribution is 14.0. The number of halogens is 1. The van der Waals surface area contributed by atoms with Crippen molar-refractivity contribution in [3.05, 3.63) is 30.1 Å². The third-order valence-electron chi connectivity index (χ3n) is 3.71. The molecule has 2 N–H and O–H groups in total. The Morgan fingerprint density at radius 1 is 1.32 bits per heavy atom. The monoisotopic (exact) mass is 458 g/mol. The molecular formula is C17H27IN6O. The first-order chi connectivity index (χ1) is 11.7. The first-order valence-corrected chi connectivity index (χ1v) is 8.15. The summed E-state index contributed by atoms with van der Waals surface area (Å²) in [6, 6.07) is 7.68. The summed E-state index contributed by atoms with van der Waals surface area (Å²) < 4.78 is 5.16. The molecule has 0 bridgehead atoms. The van der Waals surface area contributed by atoms with Gasteiger partial charge in [0, 0.05) is 26.2 Å². The molecule has 2 rings (SSSR count). The summed E-state index contributed by atoms with van der Waals surface area (Å²) >= 11 is 0. The Morgan fingerprint density at radius 3 is 2.64 bits per heavy atom. The van der Waals surface area contributed by atoms with Crippen molar-refractivity contribution in [1.29, 1.82) is 0 Å². The number of hydrogen-bond donors (Lipinski definition) is 2. The molecule has 0 amide bonds. The SMILES string of the molecule is CCCCN(C)C(=NC)NCc1nc(-c2ccc(OC)cc2)n[nH]1.I. The third-order valence-corrected chi connectivity index (χ3v) is 3.71. The molecule has 0 aliphatic heterocycles. The van der Waals surface area contributed by atoms with E-state index < -0.39 is 0 Å². The Kier molecular flexibility index (Phi) is 9.25. The average molecular weight is 458 g/mol. The van der Waals surface area contributed by atoms with Gasteiger partial charge in [-0.3, -0.25) is 10.1 Å². The second-order valence-electron chi connectivity index (χ2n) is 5.51. The minimum absolute atomic E-state index is 0. The molecule has 0 radical (unpaired) electrons. The van der Waals surface area contributed by atoms with Gasteiger partial charge < -0.3 is 15.0 Å². The minimum atomic E-state index is 0. The maximum atomic E-state index is 5.16. The van der Waals surface area contributed by atoms with Crippen LogP contribution in [0, 0.1) is 0 Å². The highest BCUT2D eigenvalue weighted by Crippen LogP contribution is 2.18. The highest BCUT2D eigenvalue weighted by Gasteiger charge is 2.09. The number of unbranched alkanes of at least 4 members (excludes halogenated alkanes) is 1. The normalized spacial score (nSPS) is 11.0. The van der Waals surface area contributed by atoms with Gasteiger partial charge in [-0.25, -0.2) is 4.98 Å². The average Bonchev–Trinajstić information content (AvgIpc) is 3.09. The minimum Gasteiger partial charge on any atom is -0.497 e. The van der Waals surface area contributed by atoms with Crippen molar-refractivity contribution in [2.45, 2.75) is 26.3 Å². The quantitative estimate of drug-likeness (QED) is 0.379. The lowest BCUT2D eigenvalue weighted by molar-refractivity contribution is 0.415. The summed E-state index contributed by atoms with van der Waals surface area (Å²) in [6.45, 7) is 3.70. The smallest absolute Gasteiger partial charge is 0.193 e. The van der Waals surface area contributed by atoms with E-state index in [1.807, 2.05) is 31.3 Å². The van der Waals surface area contributed by atoms with Crippen LogP contribution < -0.4 is 10.1 Å². The van der Waals surface area contributed by atoms with Crippen molar-refractivity contribution in [1.82, 2.24) is 25.4 Å². The van der Waals surface area contributed by atoms with Gasteiger partial charge >= 0.3 is 0 Å². The highest BCUT2D eigenvalue weighted by atomic mass is 127. The Balaban J connectivity index is 0.00000312. The van der Waals surface area contributed by atoms with Gasteiger partial charge in [0.05, 0.1) is 13.7 Å². The molecule has 1 aromatic carbocycles. The van der Waals surface area contributed by atoms with E-state index in [1.165, 1.54) is 0 Å². The number of benzene rings is 1. The standard InChI is InChI=1S/C17H26N6O.HI/c1-5-6-11-23(3)17(18-2)19-12-15-20-16(22-21-15)13-7-9-14(24-4)10-8-13;/h7-10H,5-6,11-12H2,1-4H3,(H,18,19)(H,20,21,22);1H. The maximum Gasteiger partial charge on any atom is 0.193 e. The molecule has 0 unspecified atom stereocenters. The van der Waals surface area contributed by atoms with Crippen molar-refractivity contribution in [3.63, 3.8) is 0 Å². The number of nitrogens with one attached hydrogen (secondary N) is 2. The molecule has 0 fully saturated rings. The largest absolute Gasteiger partial charge is 0.497 e. The second kappa shape index (κ2) is 10.9. The van der Waals surface area contributed by atoms with Gasteiger partial charge in [-0.15, -0.1) is 24.0 Å². The number of aromatic nitrogens is 3. The van der Waals surface area contributed by atoms with Gasteiger partial charge in [0.15, 0.2) is 11.8 Å². The van der Waals surface area contributed by atoms with Crippen molar-refractivity contribution in [3.8, 4) is 17.1 Å². The molecule has 138 valence electrons. The Hall–Kier alpha value is -1.84. The number of nitrogens with zero attached hydrogens (tertiary/aromatic N) is 4. The number of methoxy groups -OCH3 is 1. The molecule has 8 heteroatoms. The zero-order valence-electron chi connectivity index (χ0n) is 15.2. The van der Waals surface area contributed by atoms with Crippen LogP contribution in [0.3, 0.4) is 0 Å². The summed E-state index contributed by atoms with van der Waals surface area (Å²) in [4.78, 5) is 10.9. The van der Waals surface area contributed by atoms with Crippen molar-refractivity contribution >= 4 is 29.9 Å². The summed E-state index contributed by atoms with van der Waals surface area (Å²) in [5.74, 6) is 3.11. The first kappa shape index (κ1) is 21.2. The number of hydrogen-bond acceptors (Lipinski definition) is 4. The van der Waals surface area contributed by atoms with Gasteiger partial charge in [0.2, 0.25) is 0 Å². The molecule has 0 aliphatic rings. The molecule has 1 heterocycles. The molecule has 0 aliphatic carbocycles. The predicted octanol–water partition coefficient (Wildman–Crippen LogP) is 2.91. The molecule has 7 nitrogen and oxygen atoms in total. The van der Waals surface area contributed by atoms with E-state index in [2.05, 4.69) is 37.3 Å². The van der Waals surface area contributed by atoms with Crippen molar-refractivity contribution in [2.75, 3.05) is 27.7 Å². The maximum absolute atomic E-state index is 5.16. The Bertz CT molecular complexity index is 655. The van der Waals surface area contributed by atoms with E-state index in [9.17, 15) is 0 Å². The van der Waals surface area contributed by atoms with Crippen LogP contribution >= 0.6 is 24.0 Å². The van der Waals surface area contributed by atoms with Crippen molar-refractivity contribution < 1.29 is 4.74 Å². The second-order valence-corrected chi connectivity index (χ2v) is 5.51. The first-order valence-electron chi connectivity index (χ1n) is 8.15. The number of ether oxygens (including phenoxy) is 1. The van der Waals surface area contributed by atoms with E-state index in [0.717, 1.165) is 42.5 Å². The van der Waals surface area contributed by atoms with Gasteiger partial charge in [0.25, 0.3) is 0 Å². The van der Waals surface area contributed by atoms with Gasteiger partial charge in [-0.2, -0.15) is 5.10 Å². The lowest BCUT2D eigenvalue weighted by Crippen LogP contribution is -2.39. The summed E-state index contributed by atoms with van der Waals surface area (Å²) in [5.41, 5.74) is 0.947. The molecule has 0 saturated heterocycles. The Morgan fingerprint density at radius 2 is 2.04 bits per heavy atom. The predicted molar refractivity (Wildman–Crippen MR) is 112 cm³/mol. The number of H-pyrrole nitrogens is 1. The summed E-state index contributed by atoms with van der Waals surface area (Å²) in [7, 11) is 5.47. The molecule has 0 spiro atoms. The van der Waals surface area contributed by atoms with Crippen LogP contribution in [-0.4, -0.2) is 53.8 Å². The van der Waals surface area contributed by atoms with E-state index >= 15 is 0 Å². The van der Waals surface area contributed by atoms with Crippen molar-refractivity contribution in [2.24, 2.45) is 4.99 Å². The number of rotatable bonds is 7. The zero-order valence-corrected chi connectivity index (χ0v) is 17.6. The van der Waals surface area contributed by atoms with Crippen LogP contribution in [-0.2, 0) is 6.54 Å². The van der Waals surface area contributed by atoms with Crippen LogP contribution in [0.4, 0.5) is 0 Å². The molecule has 0 atom stereocenters. The van der Waals surface area contributed by atoms with E-state index in [0.29, 0.717) is 12.4 Å². The molecule has 2 aromatic rings. The number of aromatic amines is 1. The number of aliphatic imine (C=N–C) groups is 1. The fraction of sp³-hybridized carbons (Fsp3) is 0.471. The number of guanidine groups is 1. The lowest BCUT2D eigenvalue weighted by Gasteiger charge is -2.21. The molecule has 0 saturated carbocycles. The molecular weight excluding hydrogens is 431 g/mol. The zero-order chi connectivity index (χ0) is 17.4. The van der Waals surface area contributed by atoms with Gasteiger partial charge in [-0.05, 0) is 30.7 Å². The fourth-order valence-electron chi connectivity index (χ4n) is 2.29. The van der Waals surface area contributed by atoms with Crippen LogP contribution in [0.1, 0.15) is 25.6 Å². The Labute approximate surface area is 166 Å². The lowest BCUT2D eigenvalue weighted by atomic mass is 10.2. The van der Waals surface area contributed by atoms with Crippen LogP contribution in [0.2, 0.25) is 0 Å². The van der Waals surface area contributed by atoms with E-state index in [1.54, 1.807) is 14.2 Å². The topological polar surface area (TPSA) is 78.4 Å².